The fourth-order valence-corrected chi connectivity index (χ4v) is 3.72. The monoisotopic (exact) mass is 284 g/mol. The van der Waals surface area contributed by atoms with Crippen LogP contribution in [0.4, 0.5) is 0 Å². The summed E-state index contributed by atoms with van der Waals surface area (Å²) in [6, 6.07) is 5.01. The molecule has 2 unspecified atom stereocenters. The van der Waals surface area contributed by atoms with Gasteiger partial charge in [-0.2, -0.15) is 8.42 Å². The van der Waals surface area contributed by atoms with Crippen molar-refractivity contribution in [3.63, 3.8) is 0 Å². The van der Waals surface area contributed by atoms with Crippen LogP contribution >= 0.6 is 0 Å². The van der Waals surface area contributed by atoms with Crippen molar-refractivity contribution in [2.75, 3.05) is 6.61 Å². The molecule has 0 radical (unpaired) electrons. The van der Waals surface area contributed by atoms with Crippen LogP contribution in [-0.2, 0) is 10.1 Å². The van der Waals surface area contributed by atoms with E-state index in [1.807, 2.05) is 13.0 Å². The molecule has 0 spiro atoms. The third-order valence-electron chi connectivity index (χ3n) is 3.92. The van der Waals surface area contributed by atoms with E-state index < -0.39 is 10.1 Å². The summed E-state index contributed by atoms with van der Waals surface area (Å²) in [4.78, 5) is 0.0155. The summed E-state index contributed by atoms with van der Waals surface area (Å²) in [5.41, 5.74) is 1.68. The van der Waals surface area contributed by atoms with Gasteiger partial charge < -0.3 is 5.11 Å². The molecule has 0 saturated heterocycles. The smallest absolute Gasteiger partial charge is 0.294 e. The molecule has 2 atom stereocenters. The van der Waals surface area contributed by atoms with Crippen LogP contribution in [0, 0.1) is 12.8 Å². The van der Waals surface area contributed by atoms with E-state index in [4.69, 9.17) is 0 Å². The minimum atomic E-state index is -4.19. The molecule has 0 aliphatic heterocycles. The molecule has 106 valence electrons. The van der Waals surface area contributed by atoms with Crippen molar-refractivity contribution in [3.05, 3.63) is 29.3 Å². The minimum Gasteiger partial charge on any atom is -0.396 e. The van der Waals surface area contributed by atoms with E-state index in [9.17, 15) is 18.1 Å². The van der Waals surface area contributed by atoms with E-state index in [0.29, 0.717) is 5.56 Å². The first-order valence-electron chi connectivity index (χ1n) is 6.60. The number of hydrogen-bond donors (Lipinski definition) is 2. The molecule has 4 nitrogen and oxygen atoms in total. The van der Waals surface area contributed by atoms with E-state index in [2.05, 4.69) is 0 Å². The Bertz CT molecular complexity index is 551. The van der Waals surface area contributed by atoms with Crippen molar-refractivity contribution in [3.8, 4) is 0 Å². The normalized spacial score (nSPS) is 24.4. The lowest BCUT2D eigenvalue weighted by atomic mass is 9.78. The highest BCUT2D eigenvalue weighted by atomic mass is 32.2. The summed E-state index contributed by atoms with van der Waals surface area (Å²) in [5, 5.41) is 9.27. The van der Waals surface area contributed by atoms with Crippen molar-refractivity contribution >= 4 is 10.1 Å². The Kier molecular flexibility index (Phi) is 4.28. The van der Waals surface area contributed by atoms with Gasteiger partial charge in [-0.05, 0) is 49.7 Å². The molecule has 1 saturated carbocycles. The highest BCUT2D eigenvalue weighted by Gasteiger charge is 2.27. The summed E-state index contributed by atoms with van der Waals surface area (Å²) < 4.78 is 32.3. The van der Waals surface area contributed by atoms with Crippen LogP contribution in [0.3, 0.4) is 0 Å². The predicted molar refractivity (Wildman–Crippen MR) is 72.8 cm³/mol. The first-order chi connectivity index (χ1) is 8.91. The Morgan fingerprint density at radius 2 is 2.05 bits per heavy atom. The number of benzene rings is 1. The van der Waals surface area contributed by atoms with Gasteiger partial charge in [-0.3, -0.25) is 4.55 Å². The number of aliphatic hydroxyl groups is 1. The van der Waals surface area contributed by atoms with E-state index in [0.717, 1.165) is 31.2 Å². The van der Waals surface area contributed by atoms with Crippen LogP contribution in [0.15, 0.2) is 23.1 Å². The van der Waals surface area contributed by atoms with Gasteiger partial charge >= 0.3 is 0 Å². The molecular weight excluding hydrogens is 264 g/mol. The third-order valence-corrected chi connectivity index (χ3v) is 4.85. The van der Waals surface area contributed by atoms with E-state index in [1.54, 1.807) is 6.07 Å². The highest BCUT2D eigenvalue weighted by Crippen LogP contribution is 2.38. The molecule has 0 bridgehead atoms. The number of aliphatic hydroxyl groups excluding tert-OH is 1. The van der Waals surface area contributed by atoms with Gasteiger partial charge in [-0.25, -0.2) is 0 Å². The van der Waals surface area contributed by atoms with E-state index in [1.165, 1.54) is 6.07 Å². The fraction of sp³-hybridized carbons (Fsp3) is 0.571. The molecule has 1 fully saturated rings. The van der Waals surface area contributed by atoms with Crippen LogP contribution in [-0.4, -0.2) is 24.7 Å². The third kappa shape index (κ3) is 3.35. The van der Waals surface area contributed by atoms with Crippen molar-refractivity contribution < 1.29 is 18.1 Å². The average molecular weight is 284 g/mol. The number of rotatable bonds is 3. The van der Waals surface area contributed by atoms with Gasteiger partial charge in [0, 0.05) is 6.61 Å². The summed E-state index contributed by atoms with van der Waals surface area (Å²) in [7, 11) is -4.19. The zero-order valence-corrected chi connectivity index (χ0v) is 11.9. The van der Waals surface area contributed by atoms with Gasteiger partial charge in [-0.1, -0.05) is 24.1 Å². The molecule has 1 aliphatic carbocycles. The maximum absolute atomic E-state index is 11.5. The Morgan fingerprint density at radius 3 is 2.68 bits per heavy atom. The van der Waals surface area contributed by atoms with Crippen LogP contribution in [0.2, 0.25) is 0 Å². The van der Waals surface area contributed by atoms with Crippen LogP contribution < -0.4 is 0 Å². The highest BCUT2D eigenvalue weighted by molar-refractivity contribution is 7.85. The Labute approximate surface area is 114 Å². The zero-order valence-electron chi connectivity index (χ0n) is 11.0. The van der Waals surface area contributed by atoms with Gasteiger partial charge in [0.25, 0.3) is 10.1 Å². The summed E-state index contributed by atoms with van der Waals surface area (Å²) >= 11 is 0. The lowest BCUT2D eigenvalue weighted by Crippen LogP contribution is -2.19. The zero-order chi connectivity index (χ0) is 14.0. The first kappa shape index (κ1) is 14.5. The molecule has 1 aliphatic rings. The van der Waals surface area contributed by atoms with Gasteiger partial charge in [0.15, 0.2) is 0 Å². The molecule has 19 heavy (non-hydrogen) atoms. The van der Waals surface area contributed by atoms with Crippen molar-refractivity contribution in [1.82, 2.24) is 0 Å². The number of aryl methyl sites for hydroxylation is 1. The lowest BCUT2D eigenvalue weighted by molar-refractivity contribution is 0.179. The molecule has 2 rings (SSSR count). The van der Waals surface area contributed by atoms with Crippen molar-refractivity contribution in [2.45, 2.75) is 43.4 Å². The minimum absolute atomic E-state index is 0.0155. The summed E-state index contributed by atoms with van der Waals surface area (Å²) in [5.74, 6) is 0.330. The molecule has 0 heterocycles. The number of hydrogen-bond acceptors (Lipinski definition) is 3. The van der Waals surface area contributed by atoms with E-state index >= 15 is 0 Å². The lowest BCUT2D eigenvalue weighted by Gasteiger charge is -2.29. The Hall–Kier alpha value is -0.910. The molecule has 1 aromatic carbocycles. The standard InChI is InChI=1S/C14H20O4S/c1-10-5-6-14(19(16,17)18)13(7-10)12-4-2-3-11(8-12)9-15/h5-7,11-12,15H,2-4,8-9H2,1H3,(H,16,17,18). The SMILES string of the molecule is Cc1ccc(S(=O)(=O)O)c(C2CCCC(CO)C2)c1. The summed E-state index contributed by atoms with van der Waals surface area (Å²) in [6.45, 7) is 2.05. The topological polar surface area (TPSA) is 74.6 Å². The second-order valence-electron chi connectivity index (χ2n) is 5.43. The Morgan fingerprint density at radius 1 is 1.32 bits per heavy atom. The molecule has 0 aromatic heterocycles. The Balaban J connectivity index is 2.40. The first-order valence-corrected chi connectivity index (χ1v) is 8.04. The maximum atomic E-state index is 11.5. The van der Waals surface area contributed by atoms with Crippen LogP contribution in [0.1, 0.15) is 42.7 Å². The molecule has 0 amide bonds. The quantitative estimate of drug-likeness (QED) is 0.836. The fourth-order valence-electron chi connectivity index (χ4n) is 2.96. The second kappa shape index (κ2) is 5.61. The van der Waals surface area contributed by atoms with Gasteiger partial charge in [0.1, 0.15) is 0 Å². The second-order valence-corrected chi connectivity index (χ2v) is 6.82. The van der Waals surface area contributed by atoms with Crippen molar-refractivity contribution in [2.24, 2.45) is 5.92 Å². The maximum Gasteiger partial charge on any atom is 0.294 e. The van der Waals surface area contributed by atoms with E-state index in [-0.39, 0.29) is 23.3 Å². The molecular formula is C14H20O4S. The van der Waals surface area contributed by atoms with Crippen LogP contribution in [0.25, 0.3) is 0 Å². The predicted octanol–water partition coefficient (Wildman–Crippen LogP) is 2.51. The van der Waals surface area contributed by atoms with Crippen LogP contribution in [0.5, 0.6) is 0 Å². The molecule has 2 N–H and O–H groups in total. The van der Waals surface area contributed by atoms with Gasteiger partial charge in [0.05, 0.1) is 4.90 Å². The largest absolute Gasteiger partial charge is 0.396 e. The molecule has 5 heteroatoms. The van der Waals surface area contributed by atoms with Crippen molar-refractivity contribution in [1.29, 1.82) is 0 Å². The molecule has 1 aromatic rings. The average Bonchev–Trinajstić information content (AvgIpc) is 2.37. The summed E-state index contributed by atoms with van der Waals surface area (Å²) in [6.07, 6.45) is 3.65. The van der Waals surface area contributed by atoms with Gasteiger partial charge in [0.2, 0.25) is 0 Å². The van der Waals surface area contributed by atoms with Gasteiger partial charge in [-0.15, -0.1) is 0 Å².